The number of anilines is 3. The first-order valence-corrected chi connectivity index (χ1v) is 7.57. The number of halogens is 1. The number of rotatable bonds is 5. The van der Waals surface area contributed by atoms with Gasteiger partial charge >= 0.3 is 0 Å². The van der Waals surface area contributed by atoms with Crippen LogP contribution >= 0.6 is 0 Å². The van der Waals surface area contributed by atoms with E-state index in [-0.39, 0.29) is 5.57 Å². The normalized spacial score (nSPS) is 10.2. The fraction of sp³-hybridized carbons (Fsp3) is 0. The molecule has 2 nitrogen and oxygen atoms in total. The summed E-state index contributed by atoms with van der Waals surface area (Å²) < 4.78 is 13.4. The van der Waals surface area contributed by atoms with Crippen molar-refractivity contribution < 1.29 is 4.39 Å². The minimum absolute atomic E-state index is 0.193. The van der Waals surface area contributed by atoms with Crippen LogP contribution in [0.2, 0.25) is 0 Å². The molecule has 24 heavy (non-hydrogen) atoms. The lowest BCUT2D eigenvalue weighted by atomic mass is 10.1. The standard InChI is InChI=1S/C21H17FN2/c1-16(17(2)22)21-15-20(13-14-23-21)24(18-9-5-3-6-10-18)19-11-7-4-8-12-19/h3-15H,1-2H2. The molecule has 0 amide bonds. The lowest BCUT2D eigenvalue weighted by Gasteiger charge is -2.25. The summed E-state index contributed by atoms with van der Waals surface area (Å²) in [7, 11) is 0. The second-order valence-electron chi connectivity index (χ2n) is 5.29. The molecule has 0 spiro atoms. The van der Waals surface area contributed by atoms with Crippen molar-refractivity contribution in [2.45, 2.75) is 0 Å². The predicted octanol–water partition coefficient (Wildman–Crippen LogP) is 6.05. The summed E-state index contributed by atoms with van der Waals surface area (Å²) in [5.74, 6) is -0.578. The van der Waals surface area contributed by atoms with Gasteiger partial charge in [-0.1, -0.05) is 49.6 Å². The zero-order chi connectivity index (χ0) is 16.9. The van der Waals surface area contributed by atoms with E-state index in [1.54, 1.807) is 6.20 Å². The molecule has 0 saturated heterocycles. The molecule has 118 valence electrons. The van der Waals surface area contributed by atoms with Gasteiger partial charge in [-0.15, -0.1) is 0 Å². The first-order chi connectivity index (χ1) is 11.7. The number of hydrogen-bond donors (Lipinski definition) is 0. The molecule has 0 unspecified atom stereocenters. The van der Waals surface area contributed by atoms with E-state index in [1.165, 1.54) is 0 Å². The fourth-order valence-corrected chi connectivity index (χ4v) is 2.46. The number of para-hydroxylation sites is 2. The lowest BCUT2D eigenvalue weighted by Crippen LogP contribution is -2.10. The molecule has 2 aromatic carbocycles. The summed E-state index contributed by atoms with van der Waals surface area (Å²) >= 11 is 0. The highest BCUT2D eigenvalue weighted by molar-refractivity contribution is 5.80. The average Bonchev–Trinajstić information content (AvgIpc) is 2.63. The van der Waals surface area contributed by atoms with Crippen molar-refractivity contribution in [1.82, 2.24) is 4.98 Å². The highest BCUT2D eigenvalue weighted by atomic mass is 19.1. The molecule has 0 aliphatic rings. The highest BCUT2D eigenvalue weighted by Gasteiger charge is 2.14. The molecule has 0 aliphatic carbocycles. The summed E-state index contributed by atoms with van der Waals surface area (Å²) in [4.78, 5) is 6.29. The van der Waals surface area contributed by atoms with Crippen LogP contribution in [0.3, 0.4) is 0 Å². The van der Waals surface area contributed by atoms with Gasteiger partial charge in [-0.2, -0.15) is 0 Å². The summed E-state index contributed by atoms with van der Waals surface area (Å²) in [5, 5.41) is 0. The largest absolute Gasteiger partial charge is 0.310 e. The van der Waals surface area contributed by atoms with Crippen LogP contribution in [0.25, 0.3) is 5.57 Å². The van der Waals surface area contributed by atoms with Crippen molar-refractivity contribution in [3.63, 3.8) is 0 Å². The Morgan fingerprint density at radius 2 is 1.33 bits per heavy atom. The van der Waals surface area contributed by atoms with Gasteiger partial charge < -0.3 is 4.90 Å². The molecule has 0 aliphatic heterocycles. The molecular weight excluding hydrogens is 299 g/mol. The molecule has 3 aromatic rings. The van der Waals surface area contributed by atoms with Crippen LogP contribution in [0.5, 0.6) is 0 Å². The Kier molecular flexibility index (Phi) is 4.52. The van der Waals surface area contributed by atoms with E-state index >= 15 is 0 Å². The van der Waals surface area contributed by atoms with Crippen molar-refractivity contribution in [1.29, 1.82) is 0 Å². The zero-order valence-corrected chi connectivity index (χ0v) is 13.2. The molecule has 3 rings (SSSR count). The Morgan fingerprint density at radius 3 is 1.83 bits per heavy atom. The van der Waals surface area contributed by atoms with Gasteiger partial charge in [-0.25, -0.2) is 4.39 Å². The molecule has 0 saturated carbocycles. The maximum Gasteiger partial charge on any atom is 0.124 e. The van der Waals surface area contributed by atoms with Gasteiger partial charge in [-0.3, -0.25) is 4.98 Å². The monoisotopic (exact) mass is 316 g/mol. The van der Waals surface area contributed by atoms with Crippen LogP contribution < -0.4 is 4.90 Å². The molecule has 3 heteroatoms. The van der Waals surface area contributed by atoms with Crippen molar-refractivity contribution >= 4 is 22.6 Å². The maximum absolute atomic E-state index is 13.4. The number of nitrogens with zero attached hydrogens (tertiary/aromatic N) is 2. The van der Waals surface area contributed by atoms with E-state index in [1.807, 2.05) is 72.8 Å². The molecule has 0 radical (unpaired) electrons. The smallest absolute Gasteiger partial charge is 0.124 e. The molecular formula is C21H17FN2. The summed E-state index contributed by atoms with van der Waals surface area (Å²) in [6.45, 7) is 7.02. The van der Waals surface area contributed by atoms with Gasteiger partial charge in [0.1, 0.15) is 5.83 Å². The van der Waals surface area contributed by atoms with E-state index in [4.69, 9.17) is 0 Å². The van der Waals surface area contributed by atoms with Crippen molar-refractivity contribution in [3.05, 3.63) is 104 Å². The summed E-state index contributed by atoms with van der Waals surface area (Å²) in [5.41, 5.74) is 3.55. The second kappa shape index (κ2) is 6.92. The van der Waals surface area contributed by atoms with Gasteiger partial charge in [0.2, 0.25) is 0 Å². The molecule has 0 atom stereocenters. The topological polar surface area (TPSA) is 16.1 Å². The molecule has 1 heterocycles. The van der Waals surface area contributed by atoms with Crippen molar-refractivity contribution in [2.24, 2.45) is 0 Å². The minimum atomic E-state index is -0.578. The quantitative estimate of drug-likeness (QED) is 0.533. The van der Waals surface area contributed by atoms with E-state index in [2.05, 4.69) is 23.0 Å². The molecule has 0 bridgehead atoms. The average molecular weight is 316 g/mol. The molecule has 0 fully saturated rings. The number of allylic oxidation sites excluding steroid dienone is 2. The molecule has 0 N–H and O–H groups in total. The highest BCUT2D eigenvalue weighted by Crippen LogP contribution is 2.35. The Bertz CT molecular complexity index is 818. The van der Waals surface area contributed by atoms with Crippen LogP contribution in [0.1, 0.15) is 5.69 Å². The van der Waals surface area contributed by atoms with E-state index in [0.29, 0.717) is 5.69 Å². The van der Waals surface area contributed by atoms with Gasteiger partial charge in [0.15, 0.2) is 0 Å². The van der Waals surface area contributed by atoms with E-state index in [9.17, 15) is 4.39 Å². The van der Waals surface area contributed by atoms with Gasteiger partial charge in [0.25, 0.3) is 0 Å². The minimum Gasteiger partial charge on any atom is -0.310 e. The third-order valence-electron chi connectivity index (χ3n) is 3.67. The van der Waals surface area contributed by atoms with Gasteiger partial charge in [0.05, 0.1) is 5.69 Å². The van der Waals surface area contributed by atoms with Crippen molar-refractivity contribution in [2.75, 3.05) is 4.90 Å². The predicted molar refractivity (Wildman–Crippen MR) is 98.2 cm³/mol. The van der Waals surface area contributed by atoms with Crippen LogP contribution in [-0.2, 0) is 0 Å². The maximum atomic E-state index is 13.4. The number of hydrogen-bond acceptors (Lipinski definition) is 2. The summed E-state index contributed by atoms with van der Waals surface area (Å²) in [6.07, 6.45) is 1.65. The second-order valence-corrected chi connectivity index (χ2v) is 5.29. The van der Waals surface area contributed by atoms with Crippen LogP contribution in [0.4, 0.5) is 21.5 Å². The van der Waals surface area contributed by atoms with Crippen LogP contribution in [0, 0.1) is 0 Å². The van der Waals surface area contributed by atoms with E-state index < -0.39 is 5.83 Å². The fourth-order valence-electron chi connectivity index (χ4n) is 2.46. The zero-order valence-electron chi connectivity index (χ0n) is 13.2. The summed E-state index contributed by atoms with van der Waals surface area (Å²) in [6, 6.07) is 23.7. The third-order valence-corrected chi connectivity index (χ3v) is 3.67. The van der Waals surface area contributed by atoms with Gasteiger partial charge in [0, 0.05) is 28.8 Å². The van der Waals surface area contributed by atoms with Crippen molar-refractivity contribution in [3.8, 4) is 0 Å². The first-order valence-electron chi connectivity index (χ1n) is 7.57. The number of aromatic nitrogens is 1. The number of benzene rings is 2. The van der Waals surface area contributed by atoms with Crippen LogP contribution in [-0.4, -0.2) is 4.98 Å². The lowest BCUT2D eigenvalue weighted by molar-refractivity contribution is 0.678. The SMILES string of the molecule is C=C(F)C(=C)c1cc(N(c2ccccc2)c2ccccc2)ccn1. The Morgan fingerprint density at radius 1 is 0.792 bits per heavy atom. The third kappa shape index (κ3) is 3.25. The number of pyridine rings is 1. The Balaban J connectivity index is 2.12. The Labute approximate surface area is 141 Å². The van der Waals surface area contributed by atoms with Crippen LogP contribution in [0.15, 0.2) is 98.0 Å². The van der Waals surface area contributed by atoms with Gasteiger partial charge in [-0.05, 0) is 36.4 Å². The molecule has 1 aromatic heterocycles. The van der Waals surface area contributed by atoms with E-state index in [0.717, 1.165) is 17.1 Å². The Hall–Kier alpha value is -3.20. The first kappa shape index (κ1) is 15.7.